The van der Waals surface area contributed by atoms with E-state index in [-0.39, 0.29) is 24.2 Å². The second-order valence-electron chi connectivity index (χ2n) is 7.70. The predicted molar refractivity (Wildman–Crippen MR) is 143 cm³/mol. The van der Waals surface area contributed by atoms with Crippen LogP contribution in [0.1, 0.15) is 11.1 Å². The van der Waals surface area contributed by atoms with Gasteiger partial charge in [-0.2, -0.15) is 0 Å². The fourth-order valence-corrected chi connectivity index (χ4v) is 4.62. The summed E-state index contributed by atoms with van der Waals surface area (Å²) in [6, 6.07) is 16.6. The van der Waals surface area contributed by atoms with Gasteiger partial charge in [-0.25, -0.2) is 9.38 Å². The number of hydrogen-bond acceptors (Lipinski definition) is 6. The third kappa shape index (κ3) is 6.52. The second kappa shape index (κ2) is 11.4. The highest BCUT2D eigenvalue weighted by Gasteiger charge is 2.24. The molecule has 7 nitrogen and oxygen atoms in total. The first-order chi connectivity index (χ1) is 17.3. The van der Waals surface area contributed by atoms with Crippen LogP contribution in [-0.4, -0.2) is 30.7 Å². The standard InChI is InChI=1S/C26H21BrFN3O4S/c1-15-3-7-18(8-4-15)29-23(32)14-35-24-20(27)11-16(12-21(24)34-2)13-22-25(33)31-26(36-22)30-19-9-5-17(28)6-10-19/h3-13H,14H2,1-2H3,(H,29,32)(H,30,31,33)/b22-13+. The van der Waals surface area contributed by atoms with E-state index in [4.69, 9.17) is 9.47 Å². The van der Waals surface area contributed by atoms with E-state index in [0.717, 1.165) is 5.56 Å². The Hall–Kier alpha value is -3.63. The molecule has 0 radical (unpaired) electrons. The van der Waals surface area contributed by atoms with E-state index < -0.39 is 0 Å². The van der Waals surface area contributed by atoms with Crippen molar-refractivity contribution < 1.29 is 23.5 Å². The Morgan fingerprint density at radius 3 is 2.58 bits per heavy atom. The minimum atomic E-state index is -0.360. The number of ether oxygens (including phenoxy) is 2. The van der Waals surface area contributed by atoms with Crippen LogP contribution in [-0.2, 0) is 9.59 Å². The molecule has 184 valence electrons. The fraction of sp³-hybridized carbons (Fsp3) is 0.115. The molecule has 1 fully saturated rings. The van der Waals surface area contributed by atoms with Crippen LogP contribution in [0.5, 0.6) is 11.5 Å². The molecule has 4 rings (SSSR count). The second-order valence-corrected chi connectivity index (χ2v) is 9.58. The minimum absolute atomic E-state index is 0.218. The third-order valence-electron chi connectivity index (χ3n) is 4.94. The molecule has 0 bridgehead atoms. The van der Waals surface area contributed by atoms with Crippen LogP contribution >= 0.6 is 27.7 Å². The van der Waals surface area contributed by atoms with E-state index >= 15 is 0 Å². The first-order valence-electron chi connectivity index (χ1n) is 10.7. The topological polar surface area (TPSA) is 89.0 Å². The van der Waals surface area contributed by atoms with Crippen LogP contribution in [0, 0.1) is 12.7 Å². The van der Waals surface area contributed by atoms with Gasteiger partial charge in [0.1, 0.15) is 5.82 Å². The number of amidine groups is 1. The van der Waals surface area contributed by atoms with E-state index in [1.54, 1.807) is 18.2 Å². The van der Waals surface area contributed by atoms with Crippen molar-refractivity contribution in [1.82, 2.24) is 5.32 Å². The van der Waals surface area contributed by atoms with Crippen molar-refractivity contribution in [3.05, 3.63) is 87.0 Å². The maximum absolute atomic E-state index is 13.1. The van der Waals surface area contributed by atoms with Gasteiger partial charge in [-0.3, -0.25) is 9.59 Å². The molecule has 0 atom stereocenters. The van der Waals surface area contributed by atoms with Crippen molar-refractivity contribution in [3.8, 4) is 11.5 Å². The molecule has 2 N–H and O–H groups in total. The van der Waals surface area contributed by atoms with Crippen molar-refractivity contribution in [2.45, 2.75) is 6.92 Å². The van der Waals surface area contributed by atoms with Crippen molar-refractivity contribution in [2.75, 3.05) is 19.0 Å². The lowest BCUT2D eigenvalue weighted by Crippen LogP contribution is -2.20. The summed E-state index contributed by atoms with van der Waals surface area (Å²) in [7, 11) is 1.49. The minimum Gasteiger partial charge on any atom is -0.493 e. The SMILES string of the molecule is COc1cc(/C=C2/SC(=Nc3ccc(F)cc3)NC2=O)cc(Br)c1OCC(=O)Nc1ccc(C)cc1. The third-order valence-corrected chi connectivity index (χ3v) is 6.44. The number of carbonyl (C=O) groups is 2. The summed E-state index contributed by atoms with van der Waals surface area (Å²) < 4.78 is 24.8. The van der Waals surface area contributed by atoms with Crippen LogP contribution in [0.4, 0.5) is 15.8 Å². The Bertz CT molecular complexity index is 1360. The first-order valence-corrected chi connectivity index (χ1v) is 12.3. The number of benzene rings is 3. The molecule has 1 heterocycles. The number of nitrogens with zero attached hydrogens (tertiary/aromatic N) is 1. The van der Waals surface area contributed by atoms with Gasteiger partial charge < -0.3 is 20.1 Å². The molecule has 1 aliphatic rings. The van der Waals surface area contributed by atoms with Crippen LogP contribution in [0.15, 0.2) is 75.0 Å². The summed E-state index contributed by atoms with van der Waals surface area (Å²) >= 11 is 4.63. The number of aliphatic imine (C=N–C) groups is 1. The number of anilines is 1. The number of halogens is 2. The van der Waals surface area contributed by atoms with Crippen molar-refractivity contribution in [1.29, 1.82) is 0 Å². The highest BCUT2D eigenvalue weighted by Crippen LogP contribution is 2.38. The van der Waals surface area contributed by atoms with Gasteiger partial charge in [-0.15, -0.1) is 0 Å². The summed E-state index contributed by atoms with van der Waals surface area (Å²) in [6.07, 6.45) is 1.69. The summed E-state index contributed by atoms with van der Waals surface area (Å²) in [5, 5.41) is 5.87. The number of hydrogen-bond donors (Lipinski definition) is 2. The molecule has 0 aromatic heterocycles. The smallest absolute Gasteiger partial charge is 0.264 e. The average Bonchev–Trinajstić information content (AvgIpc) is 3.19. The van der Waals surface area contributed by atoms with E-state index in [1.165, 1.54) is 43.1 Å². The number of methoxy groups -OCH3 is 1. The Kier molecular flexibility index (Phi) is 8.07. The molecule has 36 heavy (non-hydrogen) atoms. The molecule has 1 saturated heterocycles. The average molecular weight is 570 g/mol. The molecular formula is C26H21BrFN3O4S. The molecule has 3 aromatic rings. The number of carbonyl (C=O) groups excluding carboxylic acids is 2. The zero-order valence-electron chi connectivity index (χ0n) is 19.3. The summed E-state index contributed by atoms with van der Waals surface area (Å²) in [5.74, 6) is -0.222. The van der Waals surface area contributed by atoms with E-state index in [1.807, 2.05) is 31.2 Å². The fourth-order valence-electron chi connectivity index (χ4n) is 3.20. The highest BCUT2D eigenvalue weighted by atomic mass is 79.9. The zero-order chi connectivity index (χ0) is 25.7. The summed E-state index contributed by atoms with van der Waals surface area (Å²) in [4.78, 5) is 29.5. The zero-order valence-corrected chi connectivity index (χ0v) is 21.7. The van der Waals surface area contributed by atoms with E-state index in [0.29, 0.717) is 43.0 Å². The molecular weight excluding hydrogens is 549 g/mol. The number of thioether (sulfide) groups is 1. The van der Waals surface area contributed by atoms with Gasteiger partial charge in [0, 0.05) is 5.69 Å². The van der Waals surface area contributed by atoms with Gasteiger partial charge in [-0.05, 0) is 94.8 Å². The Labute approximate surface area is 219 Å². The van der Waals surface area contributed by atoms with Crippen LogP contribution in [0.3, 0.4) is 0 Å². The number of amides is 2. The largest absolute Gasteiger partial charge is 0.493 e. The molecule has 3 aromatic carbocycles. The summed E-state index contributed by atoms with van der Waals surface area (Å²) in [5.41, 5.74) is 2.98. The van der Waals surface area contributed by atoms with Gasteiger partial charge in [0.25, 0.3) is 11.8 Å². The number of rotatable bonds is 7. The van der Waals surface area contributed by atoms with Crippen molar-refractivity contribution in [3.63, 3.8) is 0 Å². The molecule has 0 unspecified atom stereocenters. The van der Waals surface area contributed by atoms with Crippen molar-refractivity contribution in [2.24, 2.45) is 4.99 Å². The maximum Gasteiger partial charge on any atom is 0.264 e. The number of aryl methyl sites for hydroxylation is 1. The molecule has 2 amide bonds. The lowest BCUT2D eigenvalue weighted by molar-refractivity contribution is -0.118. The summed E-state index contributed by atoms with van der Waals surface area (Å²) in [6.45, 7) is 1.75. The lowest BCUT2D eigenvalue weighted by Gasteiger charge is -2.14. The molecule has 0 spiro atoms. The van der Waals surface area contributed by atoms with Gasteiger partial charge in [0.05, 0.1) is 22.2 Å². The maximum atomic E-state index is 13.1. The highest BCUT2D eigenvalue weighted by molar-refractivity contribution is 9.10. The molecule has 0 saturated carbocycles. The lowest BCUT2D eigenvalue weighted by atomic mass is 10.2. The van der Waals surface area contributed by atoms with E-state index in [9.17, 15) is 14.0 Å². The Morgan fingerprint density at radius 2 is 1.89 bits per heavy atom. The normalized spacial score (nSPS) is 15.2. The van der Waals surface area contributed by atoms with Gasteiger partial charge >= 0.3 is 0 Å². The quantitative estimate of drug-likeness (QED) is 0.350. The van der Waals surface area contributed by atoms with Crippen LogP contribution < -0.4 is 20.1 Å². The van der Waals surface area contributed by atoms with Crippen LogP contribution in [0.2, 0.25) is 0 Å². The Balaban J connectivity index is 1.45. The van der Waals surface area contributed by atoms with Gasteiger partial charge in [0.15, 0.2) is 23.3 Å². The first kappa shape index (κ1) is 25.5. The number of nitrogens with one attached hydrogen (secondary N) is 2. The predicted octanol–water partition coefficient (Wildman–Crippen LogP) is 5.81. The molecule has 1 aliphatic heterocycles. The molecule has 0 aliphatic carbocycles. The molecule has 10 heteroatoms. The monoisotopic (exact) mass is 569 g/mol. The van der Waals surface area contributed by atoms with Gasteiger partial charge in [0.2, 0.25) is 0 Å². The van der Waals surface area contributed by atoms with Crippen molar-refractivity contribution >= 4 is 62.1 Å². The van der Waals surface area contributed by atoms with E-state index in [2.05, 4.69) is 31.6 Å². The van der Waals surface area contributed by atoms with Gasteiger partial charge in [-0.1, -0.05) is 17.7 Å². The van der Waals surface area contributed by atoms with Crippen LogP contribution in [0.25, 0.3) is 6.08 Å². The Morgan fingerprint density at radius 1 is 1.17 bits per heavy atom.